The minimum atomic E-state index is -3.53. The summed E-state index contributed by atoms with van der Waals surface area (Å²) in [5.74, 6) is 1.13. The summed E-state index contributed by atoms with van der Waals surface area (Å²) >= 11 is 0. The first-order valence-electron chi connectivity index (χ1n) is 5.95. The van der Waals surface area contributed by atoms with E-state index in [0.717, 1.165) is 6.54 Å². The summed E-state index contributed by atoms with van der Waals surface area (Å²) in [6.45, 7) is 2.94. The van der Waals surface area contributed by atoms with Crippen LogP contribution in [-0.4, -0.2) is 42.7 Å². The van der Waals surface area contributed by atoms with Crippen molar-refractivity contribution in [2.75, 3.05) is 30.4 Å². The predicted molar refractivity (Wildman–Crippen MR) is 77.1 cm³/mol. The van der Waals surface area contributed by atoms with E-state index in [2.05, 4.69) is 15.0 Å². The van der Waals surface area contributed by atoms with Crippen LogP contribution in [0.15, 0.2) is 23.2 Å². The Morgan fingerprint density at radius 1 is 1.37 bits per heavy atom. The maximum absolute atomic E-state index is 11.9. The van der Waals surface area contributed by atoms with Crippen molar-refractivity contribution >= 4 is 26.6 Å². The van der Waals surface area contributed by atoms with Crippen molar-refractivity contribution in [3.8, 4) is 0 Å². The van der Waals surface area contributed by atoms with Gasteiger partial charge in [0.05, 0.1) is 0 Å². The molecule has 6 nitrogen and oxygen atoms in total. The van der Waals surface area contributed by atoms with E-state index in [1.165, 1.54) is 12.3 Å². The van der Waals surface area contributed by atoms with E-state index in [9.17, 15) is 12.6 Å². The summed E-state index contributed by atoms with van der Waals surface area (Å²) in [5.41, 5.74) is 0. The molecule has 0 aromatic carbocycles. The molecule has 0 bridgehead atoms. The molecule has 1 atom stereocenters. The second-order valence-electron chi connectivity index (χ2n) is 3.94. The van der Waals surface area contributed by atoms with Crippen LogP contribution in [0.5, 0.6) is 0 Å². The van der Waals surface area contributed by atoms with Crippen molar-refractivity contribution in [3.63, 3.8) is 0 Å². The fourth-order valence-corrected chi connectivity index (χ4v) is 2.96. The Morgan fingerprint density at radius 3 is 2.63 bits per heavy atom. The normalized spacial score (nSPS) is 13.2. The number of hydrogen-bond donors (Lipinski definition) is 2. The molecule has 108 valence electrons. The smallest absolute Gasteiger partial charge is 0.242 e. The van der Waals surface area contributed by atoms with Gasteiger partial charge in [-0.05, 0) is 25.5 Å². The fraction of sp³-hybridized carbons (Fsp3) is 0.545. The lowest BCUT2D eigenvalue weighted by Crippen LogP contribution is -2.25. The van der Waals surface area contributed by atoms with E-state index in [0.29, 0.717) is 18.0 Å². The number of rotatable bonds is 8. The Balaban J connectivity index is 2.59. The highest BCUT2D eigenvalue weighted by atomic mass is 32.2. The standard InChI is InChI=1S/C11H19N3O3S2/c1-3-12-11-6-5-10(9-13-11)19(16,17)14-7-4-8-18(2)15/h5-6,9,14H,3-4,7-8H2,1-2H3,(H,12,13). The van der Waals surface area contributed by atoms with Gasteiger partial charge < -0.3 is 5.32 Å². The SMILES string of the molecule is CCNc1ccc(S(=O)(=O)NCCCS(C)=O)cn1. The number of pyridine rings is 1. The average Bonchev–Trinajstić information content (AvgIpc) is 2.36. The van der Waals surface area contributed by atoms with Crippen LogP contribution < -0.4 is 10.0 Å². The number of hydrogen-bond acceptors (Lipinski definition) is 5. The highest BCUT2D eigenvalue weighted by Crippen LogP contribution is 2.10. The highest BCUT2D eigenvalue weighted by molar-refractivity contribution is 7.89. The molecule has 0 radical (unpaired) electrons. The van der Waals surface area contributed by atoms with Crippen LogP contribution in [0, 0.1) is 0 Å². The summed E-state index contributed by atoms with van der Waals surface area (Å²) in [6, 6.07) is 3.13. The van der Waals surface area contributed by atoms with Gasteiger partial charge in [0.15, 0.2) is 0 Å². The lowest BCUT2D eigenvalue weighted by molar-refractivity contribution is 0.580. The first kappa shape index (κ1) is 16.1. The van der Waals surface area contributed by atoms with Crippen LogP contribution in [0.25, 0.3) is 0 Å². The Hall–Kier alpha value is -0.990. The molecule has 8 heteroatoms. The van der Waals surface area contributed by atoms with Crippen molar-refractivity contribution < 1.29 is 12.6 Å². The quantitative estimate of drug-likeness (QED) is 0.685. The lowest BCUT2D eigenvalue weighted by Gasteiger charge is -2.07. The Labute approximate surface area is 116 Å². The summed E-state index contributed by atoms with van der Waals surface area (Å²) in [4.78, 5) is 4.14. The van der Waals surface area contributed by atoms with Crippen molar-refractivity contribution in [1.29, 1.82) is 0 Å². The van der Waals surface area contributed by atoms with E-state index in [4.69, 9.17) is 0 Å². The molecule has 1 heterocycles. The molecule has 0 aliphatic carbocycles. The molecule has 1 aromatic rings. The van der Waals surface area contributed by atoms with Gasteiger partial charge in [0.2, 0.25) is 10.0 Å². The fourth-order valence-electron chi connectivity index (χ4n) is 1.39. The zero-order valence-corrected chi connectivity index (χ0v) is 12.7. The van der Waals surface area contributed by atoms with Gasteiger partial charge in [-0.3, -0.25) is 4.21 Å². The van der Waals surface area contributed by atoms with Crippen molar-refractivity contribution in [2.45, 2.75) is 18.2 Å². The number of nitrogens with one attached hydrogen (secondary N) is 2. The van der Waals surface area contributed by atoms with E-state index in [1.807, 2.05) is 6.92 Å². The topological polar surface area (TPSA) is 88.2 Å². The van der Waals surface area contributed by atoms with Crippen LogP contribution >= 0.6 is 0 Å². The molecule has 0 fully saturated rings. The molecule has 0 aliphatic rings. The van der Waals surface area contributed by atoms with Gasteiger partial charge in [-0.25, -0.2) is 18.1 Å². The molecule has 0 saturated heterocycles. The molecule has 0 aliphatic heterocycles. The van der Waals surface area contributed by atoms with Crippen LogP contribution in [0.3, 0.4) is 0 Å². The molecule has 1 rings (SSSR count). The monoisotopic (exact) mass is 305 g/mol. The van der Waals surface area contributed by atoms with Crippen LogP contribution in [0.2, 0.25) is 0 Å². The van der Waals surface area contributed by atoms with Crippen LogP contribution in [0.1, 0.15) is 13.3 Å². The predicted octanol–water partition coefficient (Wildman–Crippen LogP) is 0.560. The second-order valence-corrected chi connectivity index (χ2v) is 7.26. The third-order valence-electron chi connectivity index (χ3n) is 2.31. The number of aromatic nitrogens is 1. The number of sulfonamides is 1. The Bertz CT molecular complexity index is 514. The maximum atomic E-state index is 11.9. The Morgan fingerprint density at radius 2 is 2.11 bits per heavy atom. The van der Waals surface area contributed by atoms with Crippen LogP contribution in [-0.2, 0) is 20.8 Å². The first-order chi connectivity index (χ1) is 8.95. The molecular formula is C11H19N3O3S2. The van der Waals surface area contributed by atoms with E-state index in [1.54, 1.807) is 12.3 Å². The van der Waals surface area contributed by atoms with Gasteiger partial charge >= 0.3 is 0 Å². The molecule has 1 unspecified atom stereocenters. The number of nitrogens with zero attached hydrogens (tertiary/aromatic N) is 1. The maximum Gasteiger partial charge on any atom is 0.242 e. The third-order valence-corrected chi connectivity index (χ3v) is 4.62. The molecule has 0 saturated carbocycles. The molecule has 0 amide bonds. The molecule has 2 N–H and O–H groups in total. The molecular weight excluding hydrogens is 286 g/mol. The van der Waals surface area contributed by atoms with Gasteiger partial charge in [0.25, 0.3) is 0 Å². The van der Waals surface area contributed by atoms with Crippen LogP contribution in [0.4, 0.5) is 5.82 Å². The second kappa shape index (κ2) is 7.56. The minimum Gasteiger partial charge on any atom is -0.370 e. The van der Waals surface area contributed by atoms with Crippen molar-refractivity contribution in [3.05, 3.63) is 18.3 Å². The first-order valence-corrected chi connectivity index (χ1v) is 9.16. The number of anilines is 1. The summed E-state index contributed by atoms with van der Waals surface area (Å²) < 4.78 is 37.1. The highest BCUT2D eigenvalue weighted by Gasteiger charge is 2.13. The summed E-state index contributed by atoms with van der Waals surface area (Å²) in [6.07, 6.45) is 3.46. The van der Waals surface area contributed by atoms with Crippen molar-refractivity contribution in [2.24, 2.45) is 0 Å². The van der Waals surface area contributed by atoms with Gasteiger partial charge in [0.1, 0.15) is 10.7 Å². The van der Waals surface area contributed by atoms with Gasteiger partial charge in [-0.2, -0.15) is 0 Å². The van der Waals surface area contributed by atoms with E-state index < -0.39 is 20.8 Å². The van der Waals surface area contributed by atoms with Crippen molar-refractivity contribution in [1.82, 2.24) is 9.71 Å². The summed E-state index contributed by atoms with van der Waals surface area (Å²) in [7, 11) is -4.43. The molecule has 1 aromatic heterocycles. The average molecular weight is 305 g/mol. The molecule has 0 spiro atoms. The summed E-state index contributed by atoms with van der Waals surface area (Å²) in [5, 5.41) is 2.99. The third kappa shape index (κ3) is 5.66. The largest absolute Gasteiger partial charge is 0.370 e. The van der Waals surface area contributed by atoms with Gasteiger partial charge in [0, 0.05) is 42.1 Å². The van der Waals surface area contributed by atoms with Gasteiger partial charge in [-0.1, -0.05) is 0 Å². The van der Waals surface area contributed by atoms with E-state index >= 15 is 0 Å². The van der Waals surface area contributed by atoms with Gasteiger partial charge in [-0.15, -0.1) is 0 Å². The zero-order chi connectivity index (χ0) is 14.3. The minimum absolute atomic E-state index is 0.131. The van der Waals surface area contributed by atoms with E-state index in [-0.39, 0.29) is 11.4 Å². The zero-order valence-electron chi connectivity index (χ0n) is 11.0. The Kier molecular flexibility index (Phi) is 6.40. The molecule has 19 heavy (non-hydrogen) atoms. The lowest BCUT2D eigenvalue weighted by atomic mass is 10.4.